The van der Waals surface area contributed by atoms with Gasteiger partial charge in [-0.05, 0) is 44.2 Å². The summed E-state index contributed by atoms with van der Waals surface area (Å²) in [6, 6.07) is 0. The topological polar surface area (TPSA) is 24.5 Å². The fourth-order valence-electron chi connectivity index (χ4n) is 3.02. The zero-order valence-electron chi connectivity index (χ0n) is 13.5. The van der Waals surface area contributed by atoms with E-state index in [2.05, 4.69) is 38.0 Å². The average molecular weight is 270 g/mol. The molecule has 19 heavy (non-hydrogen) atoms. The van der Waals surface area contributed by atoms with Gasteiger partial charge in [0.05, 0.1) is 0 Å². The van der Waals surface area contributed by atoms with Crippen molar-refractivity contribution in [2.45, 2.75) is 46.5 Å². The predicted octanol–water partition coefficient (Wildman–Crippen LogP) is 2.76. The zero-order valence-corrected chi connectivity index (χ0v) is 13.5. The van der Waals surface area contributed by atoms with Crippen LogP contribution in [0.25, 0.3) is 0 Å². The van der Waals surface area contributed by atoms with Gasteiger partial charge < -0.3 is 15.0 Å². The van der Waals surface area contributed by atoms with Crippen LogP contribution in [0.1, 0.15) is 46.5 Å². The molecule has 0 aliphatic carbocycles. The van der Waals surface area contributed by atoms with Gasteiger partial charge in [0.2, 0.25) is 0 Å². The molecule has 0 amide bonds. The van der Waals surface area contributed by atoms with Gasteiger partial charge in [-0.1, -0.05) is 27.2 Å². The van der Waals surface area contributed by atoms with E-state index in [1.165, 1.54) is 38.8 Å². The van der Waals surface area contributed by atoms with E-state index in [4.69, 9.17) is 4.74 Å². The Bertz CT molecular complexity index is 227. The molecule has 1 saturated heterocycles. The minimum Gasteiger partial charge on any atom is -0.381 e. The van der Waals surface area contributed by atoms with Gasteiger partial charge in [-0.15, -0.1) is 0 Å². The van der Waals surface area contributed by atoms with Crippen LogP contribution in [-0.2, 0) is 4.74 Å². The molecule has 1 N–H and O–H groups in total. The SMILES string of the molecule is CCCNCC1(CN(C)CC(C)CC)CCOCC1. The number of nitrogens with one attached hydrogen (secondary N) is 1. The molecule has 0 saturated carbocycles. The normalized spacial score (nSPS) is 20.7. The molecule has 1 unspecified atom stereocenters. The minimum absolute atomic E-state index is 0.426. The molecule has 1 rings (SSSR count). The zero-order chi connectivity index (χ0) is 14.1. The van der Waals surface area contributed by atoms with Crippen molar-refractivity contribution < 1.29 is 4.74 Å². The highest BCUT2D eigenvalue weighted by atomic mass is 16.5. The Kier molecular flexibility index (Phi) is 7.96. The van der Waals surface area contributed by atoms with Gasteiger partial charge in [0.25, 0.3) is 0 Å². The Balaban J connectivity index is 2.47. The van der Waals surface area contributed by atoms with Gasteiger partial charge >= 0.3 is 0 Å². The fourth-order valence-corrected chi connectivity index (χ4v) is 3.02. The molecule has 1 aliphatic heterocycles. The van der Waals surface area contributed by atoms with Gasteiger partial charge in [-0.25, -0.2) is 0 Å². The Labute approximate surface area is 120 Å². The summed E-state index contributed by atoms with van der Waals surface area (Å²) in [4.78, 5) is 2.53. The van der Waals surface area contributed by atoms with E-state index in [1.54, 1.807) is 0 Å². The van der Waals surface area contributed by atoms with Gasteiger partial charge in [-0.2, -0.15) is 0 Å². The Morgan fingerprint density at radius 1 is 1.26 bits per heavy atom. The number of hydrogen-bond acceptors (Lipinski definition) is 3. The molecule has 0 aromatic heterocycles. The van der Waals surface area contributed by atoms with Gasteiger partial charge in [-0.3, -0.25) is 0 Å². The first-order chi connectivity index (χ1) is 9.12. The Morgan fingerprint density at radius 2 is 1.95 bits per heavy atom. The molecule has 1 atom stereocenters. The van der Waals surface area contributed by atoms with Crippen molar-refractivity contribution >= 4 is 0 Å². The Hall–Kier alpha value is -0.120. The van der Waals surface area contributed by atoms with E-state index >= 15 is 0 Å². The highest BCUT2D eigenvalue weighted by molar-refractivity contribution is 4.87. The highest BCUT2D eigenvalue weighted by Gasteiger charge is 2.33. The van der Waals surface area contributed by atoms with E-state index in [-0.39, 0.29) is 0 Å². The third-order valence-corrected chi connectivity index (χ3v) is 4.41. The van der Waals surface area contributed by atoms with Crippen LogP contribution in [0.4, 0.5) is 0 Å². The number of nitrogens with zero attached hydrogens (tertiary/aromatic N) is 1. The third kappa shape index (κ3) is 6.24. The molecule has 0 spiro atoms. The second-order valence-corrected chi connectivity index (χ2v) is 6.50. The maximum atomic E-state index is 5.57. The maximum absolute atomic E-state index is 5.57. The lowest BCUT2D eigenvalue weighted by atomic mass is 9.79. The summed E-state index contributed by atoms with van der Waals surface area (Å²) in [5.41, 5.74) is 0.426. The van der Waals surface area contributed by atoms with Crippen LogP contribution in [0.5, 0.6) is 0 Å². The van der Waals surface area contributed by atoms with Gasteiger partial charge in [0.15, 0.2) is 0 Å². The van der Waals surface area contributed by atoms with Crippen molar-refractivity contribution in [2.24, 2.45) is 11.3 Å². The van der Waals surface area contributed by atoms with Crippen LogP contribution >= 0.6 is 0 Å². The fraction of sp³-hybridized carbons (Fsp3) is 1.00. The first-order valence-electron chi connectivity index (χ1n) is 8.09. The second kappa shape index (κ2) is 8.93. The number of ether oxygens (including phenoxy) is 1. The van der Waals surface area contributed by atoms with Crippen molar-refractivity contribution in [1.29, 1.82) is 0 Å². The summed E-state index contributed by atoms with van der Waals surface area (Å²) in [5, 5.41) is 3.64. The van der Waals surface area contributed by atoms with E-state index < -0.39 is 0 Å². The van der Waals surface area contributed by atoms with Crippen LogP contribution < -0.4 is 5.32 Å². The lowest BCUT2D eigenvalue weighted by Gasteiger charge is -2.41. The molecule has 1 heterocycles. The molecule has 114 valence electrons. The van der Waals surface area contributed by atoms with Crippen LogP contribution in [0.15, 0.2) is 0 Å². The first-order valence-corrected chi connectivity index (χ1v) is 8.09. The molecule has 3 nitrogen and oxygen atoms in total. The van der Waals surface area contributed by atoms with Crippen LogP contribution in [0, 0.1) is 11.3 Å². The summed E-state index contributed by atoms with van der Waals surface area (Å²) < 4.78 is 5.57. The summed E-state index contributed by atoms with van der Waals surface area (Å²) >= 11 is 0. The third-order valence-electron chi connectivity index (χ3n) is 4.41. The van der Waals surface area contributed by atoms with Gasteiger partial charge in [0, 0.05) is 32.8 Å². The van der Waals surface area contributed by atoms with E-state index in [1.807, 2.05) is 0 Å². The molecule has 1 aliphatic rings. The second-order valence-electron chi connectivity index (χ2n) is 6.50. The highest BCUT2D eigenvalue weighted by Crippen LogP contribution is 2.31. The predicted molar refractivity (Wildman–Crippen MR) is 82.6 cm³/mol. The molecular weight excluding hydrogens is 236 g/mol. The largest absolute Gasteiger partial charge is 0.381 e. The molecule has 0 aromatic carbocycles. The summed E-state index contributed by atoms with van der Waals surface area (Å²) in [7, 11) is 2.28. The van der Waals surface area contributed by atoms with Crippen molar-refractivity contribution in [3.63, 3.8) is 0 Å². The summed E-state index contributed by atoms with van der Waals surface area (Å²) in [6.45, 7) is 13.4. The molecular formula is C16H34N2O. The van der Waals surface area contributed by atoms with E-state index in [0.29, 0.717) is 5.41 Å². The van der Waals surface area contributed by atoms with Crippen LogP contribution in [0.3, 0.4) is 0 Å². The summed E-state index contributed by atoms with van der Waals surface area (Å²) in [5.74, 6) is 0.797. The summed E-state index contributed by atoms with van der Waals surface area (Å²) in [6.07, 6.45) is 4.90. The maximum Gasteiger partial charge on any atom is 0.0472 e. The lowest BCUT2D eigenvalue weighted by Crippen LogP contribution is -2.47. The van der Waals surface area contributed by atoms with Gasteiger partial charge in [0.1, 0.15) is 0 Å². The molecule has 3 heteroatoms. The van der Waals surface area contributed by atoms with Crippen molar-refractivity contribution in [2.75, 3.05) is 46.4 Å². The van der Waals surface area contributed by atoms with E-state index in [0.717, 1.165) is 32.2 Å². The Morgan fingerprint density at radius 3 is 2.53 bits per heavy atom. The van der Waals surface area contributed by atoms with Crippen molar-refractivity contribution in [3.05, 3.63) is 0 Å². The smallest absolute Gasteiger partial charge is 0.0472 e. The van der Waals surface area contributed by atoms with Crippen molar-refractivity contribution in [3.8, 4) is 0 Å². The minimum atomic E-state index is 0.426. The molecule has 0 aromatic rings. The van der Waals surface area contributed by atoms with E-state index in [9.17, 15) is 0 Å². The molecule has 0 radical (unpaired) electrons. The number of rotatable bonds is 9. The monoisotopic (exact) mass is 270 g/mol. The quantitative estimate of drug-likeness (QED) is 0.652. The first kappa shape index (κ1) is 16.9. The lowest BCUT2D eigenvalue weighted by molar-refractivity contribution is -0.00209. The molecule has 1 fully saturated rings. The average Bonchev–Trinajstić information content (AvgIpc) is 2.39. The van der Waals surface area contributed by atoms with Crippen LogP contribution in [0.2, 0.25) is 0 Å². The van der Waals surface area contributed by atoms with Crippen LogP contribution in [-0.4, -0.2) is 51.3 Å². The van der Waals surface area contributed by atoms with Crippen molar-refractivity contribution in [1.82, 2.24) is 10.2 Å². The standard InChI is InChI=1S/C16H34N2O/c1-5-9-17-13-16(7-10-19-11-8-16)14-18(4)12-15(3)6-2/h15,17H,5-14H2,1-4H3. The molecule has 0 bridgehead atoms. The number of hydrogen-bond donors (Lipinski definition) is 1.